The molecule has 3 heterocycles. The van der Waals surface area contributed by atoms with Crippen LogP contribution in [0.2, 0.25) is 0 Å². The number of fused-ring (bicyclic) bond motifs is 1. The Morgan fingerprint density at radius 1 is 1.32 bits per heavy atom. The van der Waals surface area contributed by atoms with Crippen molar-refractivity contribution in [3.05, 3.63) is 23.3 Å². The van der Waals surface area contributed by atoms with Crippen LogP contribution in [-0.2, 0) is 19.4 Å². The molecule has 2 aromatic rings. The van der Waals surface area contributed by atoms with Crippen LogP contribution in [0, 0.1) is 13.8 Å². The lowest BCUT2D eigenvalue weighted by molar-refractivity contribution is -0.136. The van der Waals surface area contributed by atoms with E-state index in [9.17, 15) is 18.0 Å². The van der Waals surface area contributed by atoms with Crippen molar-refractivity contribution in [2.24, 2.45) is 0 Å². The van der Waals surface area contributed by atoms with Crippen LogP contribution in [0.15, 0.2) is 6.07 Å². The molecule has 0 aliphatic carbocycles. The SMILES string of the molecule is CCCN(C(=O)COC(=O)c1nc2nc(C)cc(C)n2n1)[C@@H]1CCS(=O)(=O)C1. The van der Waals surface area contributed by atoms with E-state index in [0.717, 1.165) is 11.4 Å². The Morgan fingerprint density at radius 2 is 2.07 bits per heavy atom. The molecular weight excluding hydrogens is 386 g/mol. The maximum atomic E-state index is 12.5. The van der Waals surface area contributed by atoms with Crippen LogP contribution >= 0.6 is 0 Å². The molecule has 0 N–H and O–H groups in total. The van der Waals surface area contributed by atoms with Crippen LogP contribution in [0.25, 0.3) is 5.78 Å². The van der Waals surface area contributed by atoms with Gasteiger partial charge in [-0.15, -0.1) is 5.10 Å². The largest absolute Gasteiger partial charge is 0.450 e. The Hall–Kier alpha value is -2.56. The normalized spacial score (nSPS) is 18.3. The monoisotopic (exact) mass is 409 g/mol. The minimum Gasteiger partial charge on any atom is -0.450 e. The van der Waals surface area contributed by atoms with E-state index in [1.165, 1.54) is 9.42 Å². The van der Waals surface area contributed by atoms with E-state index in [1.807, 2.05) is 20.8 Å². The van der Waals surface area contributed by atoms with Gasteiger partial charge in [0, 0.05) is 24.0 Å². The van der Waals surface area contributed by atoms with Crippen molar-refractivity contribution in [3.63, 3.8) is 0 Å². The van der Waals surface area contributed by atoms with Crippen LogP contribution in [0.4, 0.5) is 0 Å². The minimum absolute atomic E-state index is 0.0506. The second kappa shape index (κ2) is 7.82. The van der Waals surface area contributed by atoms with Crippen LogP contribution < -0.4 is 0 Å². The molecule has 1 atom stereocenters. The van der Waals surface area contributed by atoms with E-state index in [0.29, 0.717) is 19.4 Å². The van der Waals surface area contributed by atoms with Gasteiger partial charge >= 0.3 is 5.97 Å². The second-order valence-electron chi connectivity index (χ2n) is 6.91. The van der Waals surface area contributed by atoms with E-state index in [4.69, 9.17) is 4.74 Å². The van der Waals surface area contributed by atoms with E-state index in [1.54, 1.807) is 6.07 Å². The topological polar surface area (TPSA) is 124 Å². The van der Waals surface area contributed by atoms with E-state index >= 15 is 0 Å². The summed E-state index contributed by atoms with van der Waals surface area (Å²) in [5.74, 6) is -1.14. The summed E-state index contributed by atoms with van der Waals surface area (Å²) >= 11 is 0. The predicted octanol–water partition coefficient (Wildman–Crippen LogP) is 0.324. The number of ether oxygens (including phenoxy) is 1. The maximum Gasteiger partial charge on any atom is 0.378 e. The number of sulfone groups is 1. The second-order valence-corrected chi connectivity index (χ2v) is 9.13. The first-order valence-corrected chi connectivity index (χ1v) is 10.9. The highest BCUT2D eigenvalue weighted by Crippen LogP contribution is 2.18. The summed E-state index contributed by atoms with van der Waals surface area (Å²) < 4.78 is 29.9. The Kier molecular flexibility index (Phi) is 5.64. The molecule has 152 valence electrons. The van der Waals surface area contributed by atoms with Gasteiger partial charge < -0.3 is 9.64 Å². The number of aromatic nitrogens is 4. The van der Waals surface area contributed by atoms with Gasteiger partial charge in [-0.25, -0.2) is 22.7 Å². The molecule has 0 unspecified atom stereocenters. The number of hydrogen-bond acceptors (Lipinski definition) is 8. The first kappa shape index (κ1) is 20.2. The number of aryl methyl sites for hydroxylation is 2. The maximum absolute atomic E-state index is 12.5. The van der Waals surface area contributed by atoms with Gasteiger partial charge in [0.2, 0.25) is 0 Å². The summed E-state index contributed by atoms with van der Waals surface area (Å²) in [7, 11) is -3.12. The summed E-state index contributed by atoms with van der Waals surface area (Å²) in [5.41, 5.74) is 1.51. The fourth-order valence-corrected chi connectivity index (χ4v) is 5.03. The third-order valence-corrected chi connectivity index (χ3v) is 6.31. The quantitative estimate of drug-likeness (QED) is 0.625. The smallest absolute Gasteiger partial charge is 0.378 e. The molecule has 1 amide bonds. The first-order chi connectivity index (χ1) is 13.2. The summed E-state index contributed by atoms with van der Waals surface area (Å²) in [6, 6.07) is 1.43. The number of esters is 1. The zero-order valence-electron chi connectivity index (χ0n) is 16.1. The van der Waals surface area contributed by atoms with Crippen LogP contribution in [-0.4, -0.2) is 75.5 Å². The molecule has 3 rings (SSSR count). The van der Waals surface area contributed by atoms with Gasteiger partial charge in [-0.05, 0) is 32.8 Å². The van der Waals surface area contributed by atoms with Gasteiger partial charge in [0.25, 0.3) is 17.5 Å². The lowest BCUT2D eigenvalue weighted by Gasteiger charge is -2.27. The summed E-state index contributed by atoms with van der Waals surface area (Å²) in [6.07, 6.45) is 1.08. The number of amides is 1. The molecule has 2 aromatic heterocycles. The molecule has 10 nitrogen and oxygen atoms in total. The molecule has 0 bridgehead atoms. The zero-order chi connectivity index (χ0) is 20.5. The molecule has 1 aliphatic rings. The van der Waals surface area contributed by atoms with Gasteiger partial charge in [0.1, 0.15) is 0 Å². The van der Waals surface area contributed by atoms with Crippen LogP contribution in [0.3, 0.4) is 0 Å². The summed E-state index contributed by atoms with van der Waals surface area (Å²) in [5, 5.41) is 4.07. The Balaban J connectivity index is 1.67. The van der Waals surface area contributed by atoms with Crippen LogP contribution in [0.1, 0.15) is 41.8 Å². The molecule has 1 fully saturated rings. The highest BCUT2D eigenvalue weighted by molar-refractivity contribution is 7.91. The van der Waals surface area contributed by atoms with E-state index in [-0.39, 0.29) is 29.1 Å². The molecule has 0 saturated carbocycles. The van der Waals surface area contributed by atoms with Crippen molar-refractivity contribution in [2.45, 2.75) is 39.7 Å². The molecule has 0 spiro atoms. The van der Waals surface area contributed by atoms with Gasteiger partial charge in [0.15, 0.2) is 16.4 Å². The average Bonchev–Trinajstić information content (AvgIpc) is 3.20. The van der Waals surface area contributed by atoms with Gasteiger partial charge in [-0.3, -0.25) is 4.79 Å². The number of rotatable bonds is 6. The number of carbonyl (C=O) groups is 2. The Labute approximate surface area is 162 Å². The molecule has 0 aromatic carbocycles. The van der Waals surface area contributed by atoms with Gasteiger partial charge in [-0.1, -0.05) is 6.92 Å². The summed E-state index contributed by atoms with van der Waals surface area (Å²) in [6.45, 7) is 5.44. The van der Waals surface area contributed by atoms with Crippen LogP contribution in [0.5, 0.6) is 0 Å². The van der Waals surface area contributed by atoms with E-state index in [2.05, 4.69) is 15.1 Å². The highest BCUT2D eigenvalue weighted by Gasteiger charge is 2.34. The molecular formula is C17H23N5O5S. The lowest BCUT2D eigenvalue weighted by Crippen LogP contribution is -2.43. The zero-order valence-corrected chi connectivity index (χ0v) is 16.9. The fourth-order valence-electron chi connectivity index (χ4n) is 3.30. The predicted molar refractivity (Wildman–Crippen MR) is 99.6 cm³/mol. The number of hydrogen-bond donors (Lipinski definition) is 0. The van der Waals surface area contributed by atoms with Crippen molar-refractivity contribution < 1.29 is 22.7 Å². The lowest BCUT2D eigenvalue weighted by atomic mass is 10.2. The molecule has 1 saturated heterocycles. The highest BCUT2D eigenvalue weighted by atomic mass is 32.2. The standard InChI is InChI=1S/C17H23N5O5S/c1-4-6-21(13-5-7-28(25,26)10-13)14(23)9-27-16(24)15-19-17-18-11(2)8-12(3)22(17)20-15/h8,13H,4-7,9-10H2,1-3H3/t13-/m1/s1. The number of carbonyl (C=O) groups excluding carboxylic acids is 2. The van der Waals surface area contributed by atoms with Gasteiger partial charge in [-0.2, -0.15) is 4.98 Å². The van der Waals surface area contributed by atoms with Crippen molar-refractivity contribution in [3.8, 4) is 0 Å². The number of nitrogens with zero attached hydrogens (tertiary/aromatic N) is 5. The van der Waals surface area contributed by atoms with E-state index < -0.39 is 28.3 Å². The molecule has 28 heavy (non-hydrogen) atoms. The third kappa shape index (κ3) is 4.29. The third-order valence-electron chi connectivity index (χ3n) is 4.56. The van der Waals surface area contributed by atoms with Crippen molar-refractivity contribution >= 4 is 27.5 Å². The Morgan fingerprint density at radius 3 is 2.71 bits per heavy atom. The average molecular weight is 409 g/mol. The van der Waals surface area contributed by atoms with Crippen molar-refractivity contribution in [1.82, 2.24) is 24.5 Å². The van der Waals surface area contributed by atoms with Crippen molar-refractivity contribution in [2.75, 3.05) is 24.7 Å². The summed E-state index contributed by atoms with van der Waals surface area (Å²) in [4.78, 5) is 34.5. The van der Waals surface area contributed by atoms with Gasteiger partial charge in [0.05, 0.1) is 11.5 Å². The Bertz CT molecular complexity index is 1020. The van der Waals surface area contributed by atoms with Crippen molar-refractivity contribution in [1.29, 1.82) is 0 Å². The fraction of sp³-hybridized carbons (Fsp3) is 0.588. The first-order valence-electron chi connectivity index (χ1n) is 9.08. The minimum atomic E-state index is -3.12. The molecule has 11 heteroatoms. The molecule has 1 aliphatic heterocycles. The molecule has 0 radical (unpaired) electrons.